The number of hydrogen-bond acceptors (Lipinski definition) is 3. The Morgan fingerprint density at radius 1 is 1.21 bits per heavy atom. The molecule has 0 saturated heterocycles. The Morgan fingerprint density at radius 3 is 2.26 bits per heavy atom. The van der Waals surface area contributed by atoms with Crippen molar-refractivity contribution in [3.63, 3.8) is 0 Å². The van der Waals surface area contributed by atoms with Gasteiger partial charge in [0, 0.05) is 18.1 Å². The zero-order chi connectivity index (χ0) is 14.6. The highest BCUT2D eigenvalue weighted by molar-refractivity contribution is 6.17. The van der Waals surface area contributed by atoms with Crippen LogP contribution in [0.3, 0.4) is 0 Å². The lowest BCUT2D eigenvalue weighted by molar-refractivity contribution is -0.131. The van der Waals surface area contributed by atoms with Crippen LogP contribution in [0.15, 0.2) is 12.7 Å². The van der Waals surface area contributed by atoms with Crippen LogP contribution < -0.4 is 9.47 Å². The Hall–Kier alpha value is -1.48. The molecule has 1 rings (SSSR count). The highest BCUT2D eigenvalue weighted by Gasteiger charge is 2.19. The van der Waals surface area contributed by atoms with E-state index in [2.05, 4.69) is 6.58 Å². The molecule has 1 aromatic rings. The number of carbonyl (C=O) groups excluding carboxylic acids is 1. The quantitative estimate of drug-likeness (QED) is 0.356. The van der Waals surface area contributed by atoms with Gasteiger partial charge in [-0.2, -0.15) is 0 Å². The predicted molar refractivity (Wildman–Crippen MR) is 77.2 cm³/mol. The first-order valence-corrected chi connectivity index (χ1v) is 6.58. The maximum Gasteiger partial charge on any atom is 0.308 e. The number of benzene rings is 1. The summed E-state index contributed by atoms with van der Waals surface area (Å²) < 4.78 is 11.0. The third-order valence-electron chi connectivity index (χ3n) is 3.04. The number of hydrogen-bond donors (Lipinski definition) is 0. The molecule has 0 aromatic heterocycles. The molecule has 0 aliphatic rings. The van der Waals surface area contributed by atoms with E-state index in [-0.39, 0.29) is 5.97 Å². The lowest BCUT2D eigenvalue weighted by Gasteiger charge is -2.20. The van der Waals surface area contributed by atoms with Crippen LogP contribution in [0.5, 0.6) is 11.5 Å². The van der Waals surface area contributed by atoms with Gasteiger partial charge in [-0.15, -0.1) is 11.6 Å². The number of halogens is 1. The second-order valence-electron chi connectivity index (χ2n) is 4.34. The molecule has 0 amide bonds. The Balaban J connectivity index is 3.43. The van der Waals surface area contributed by atoms with Gasteiger partial charge in [0.25, 0.3) is 0 Å². The lowest BCUT2D eigenvalue weighted by Crippen LogP contribution is -2.09. The Kier molecular flexibility index (Phi) is 5.43. The van der Waals surface area contributed by atoms with Crippen LogP contribution in [-0.2, 0) is 10.7 Å². The van der Waals surface area contributed by atoms with Crippen molar-refractivity contribution in [1.29, 1.82) is 0 Å². The van der Waals surface area contributed by atoms with Crippen molar-refractivity contribution in [2.75, 3.05) is 6.61 Å². The molecule has 0 radical (unpaired) electrons. The normalized spacial score (nSPS) is 10.2. The Bertz CT molecular complexity index is 507. The van der Waals surface area contributed by atoms with Gasteiger partial charge in [0.05, 0.1) is 5.88 Å². The van der Waals surface area contributed by atoms with E-state index < -0.39 is 0 Å². The van der Waals surface area contributed by atoms with Gasteiger partial charge >= 0.3 is 5.97 Å². The van der Waals surface area contributed by atoms with Gasteiger partial charge in [-0.3, -0.25) is 4.79 Å². The van der Waals surface area contributed by atoms with Crippen LogP contribution in [0.4, 0.5) is 0 Å². The first-order valence-electron chi connectivity index (χ1n) is 6.04. The smallest absolute Gasteiger partial charge is 0.308 e. The zero-order valence-electron chi connectivity index (χ0n) is 11.8. The zero-order valence-corrected chi connectivity index (χ0v) is 12.6. The fourth-order valence-corrected chi connectivity index (χ4v) is 2.27. The molecule has 0 heterocycles. The Labute approximate surface area is 119 Å². The summed E-state index contributed by atoms with van der Waals surface area (Å²) in [6.07, 6.45) is 1.68. The van der Waals surface area contributed by atoms with Gasteiger partial charge in [0.2, 0.25) is 0 Å². The van der Waals surface area contributed by atoms with Crippen LogP contribution in [0.2, 0.25) is 0 Å². The van der Waals surface area contributed by atoms with Crippen molar-refractivity contribution in [2.24, 2.45) is 0 Å². The van der Waals surface area contributed by atoms with Crippen LogP contribution >= 0.6 is 11.6 Å². The highest BCUT2D eigenvalue weighted by atomic mass is 35.5. The van der Waals surface area contributed by atoms with Gasteiger partial charge in [0.15, 0.2) is 0 Å². The fraction of sp³-hybridized carbons (Fsp3) is 0.400. The summed E-state index contributed by atoms with van der Waals surface area (Å²) in [5.41, 5.74) is 3.51. The van der Waals surface area contributed by atoms with Gasteiger partial charge in [-0.05, 0) is 31.9 Å². The highest BCUT2D eigenvalue weighted by Crippen LogP contribution is 2.38. The van der Waals surface area contributed by atoms with Crippen LogP contribution in [0, 0.1) is 20.8 Å². The molecule has 0 spiro atoms. The third-order valence-corrected chi connectivity index (χ3v) is 3.30. The number of alkyl halides is 1. The van der Waals surface area contributed by atoms with Crippen LogP contribution in [0.25, 0.3) is 0 Å². The second-order valence-corrected chi connectivity index (χ2v) is 4.61. The van der Waals surface area contributed by atoms with E-state index in [1.165, 1.54) is 6.92 Å². The third kappa shape index (κ3) is 3.29. The minimum atomic E-state index is -0.342. The molecular weight excluding hydrogens is 264 g/mol. The predicted octanol–water partition coefficient (Wildman–Crippen LogP) is 3.84. The van der Waals surface area contributed by atoms with Crippen molar-refractivity contribution >= 4 is 17.6 Å². The van der Waals surface area contributed by atoms with Gasteiger partial charge in [-0.25, -0.2) is 0 Å². The molecule has 4 heteroatoms. The summed E-state index contributed by atoms with van der Waals surface area (Å²) in [4.78, 5) is 11.2. The van der Waals surface area contributed by atoms with Crippen molar-refractivity contribution < 1.29 is 14.3 Å². The summed E-state index contributed by atoms with van der Waals surface area (Å²) in [7, 11) is 0. The van der Waals surface area contributed by atoms with Gasteiger partial charge in [0.1, 0.15) is 18.1 Å². The summed E-state index contributed by atoms with van der Waals surface area (Å²) in [6.45, 7) is 11.1. The number of carbonyl (C=O) groups is 1. The van der Waals surface area contributed by atoms with E-state index in [0.717, 1.165) is 28.0 Å². The minimum absolute atomic E-state index is 0.299. The largest absolute Gasteiger partial charge is 0.489 e. The van der Waals surface area contributed by atoms with E-state index in [9.17, 15) is 4.79 Å². The van der Waals surface area contributed by atoms with Crippen LogP contribution in [0.1, 0.15) is 29.2 Å². The molecule has 0 N–H and O–H groups in total. The first-order chi connectivity index (χ1) is 8.93. The fourth-order valence-electron chi connectivity index (χ4n) is 1.95. The molecule has 19 heavy (non-hydrogen) atoms. The molecule has 0 unspecified atom stereocenters. The van der Waals surface area contributed by atoms with Gasteiger partial charge in [-0.1, -0.05) is 12.7 Å². The average molecular weight is 283 g/mol. The van der Waals surface area contributed by atoms with Crippen molar-refractivity contribution in [3.8, 4) is 11.5 Å². The molecule has 0 aliphatic heterocycles. The molecule has 3 nitrogen and oxygen atoms in total. The van der Waals surface area contributed by atoms with Crippen molar-refractivity contribution in [3.05, 3.63) is 34.9 Å². The monoisotopic (exact) mass is 282 g/mol. The molecule has 0 fully saturated rings. The maximum atomic E-state index is 11.2. The molecular formula is C15H19ClO3. The van der Waals surface area contributed by atoms with Gasteiger partial charge < -0.3 is 9.47 Å². The molecule has 0 saturated carbocycles. The molecule has 104 valence electrons. The summed E-state index contributed by atoms with van der Waals surface area (Å²) >= 11 is 6.00. The topological polar surface area (TPSA) is 35.5 Å². The van der Waals surface area contributed by atoms with Crippen molar-refractivity contribution in [1.82, 2.24) is 0 Å². The number of rotatable bonds is 5. The van der Waals surface area contributed by atoms with E-state index in [1.54, 1.807) is 6.08 Å². The second kappa shape index (κ2) is 6.62. The molecule has 0 bridgehead atoms. The maximum absolute atomic E-state index is 11.2. The Morgan fingerprint density at radius 2 is 1.79 bits per heavy atom. The van der Waals surface area contributed by atoms with E-state index in [4.69, 9.17) is 21.1 Å². The SMILES string of the molecule is C=CCOc1c(C)c(C)c(OC(C)=O)c(C)c1CCl. The van der Waals surface area contributed by atoms with Crippen molar-refractivity contribution in [2.45, 2.75) is 33.6 Å². The summed E-state index contributed by atoms with van der Waals surface area (Å²) in [5.74, 6) is 1.28. The average Bonchev–Trinajstić information content (AvgIpc) is 2.37. The summed E-state index contributed by atoms with van der Waals surface area (Å²) in [6, 6.07) is 0. The van der Waals surface area contributed by atoms with E-state index in [0.29, 0.717) is 18.2 Å². The van der Waals surface area contributed by atoms with E-state index in [1.807, 2.05) is 20.8 Å². The van der Waals surface area contributed by atoms with E-state index >= 15 is 0 Å². The number of esters is 1. The number of ether oxygens (including phenoxy) is 2. The van der Waals surface area contributed by atoms with Crippen LogP contribution in [-0.4, -0.2) is 12.6 Å². The summed E-state index contributed by atoms with van der Waals surface area (Å²) in [5, 5.41) is 0. The molecule has 0 atom stereocenters. The molecule has 1 aromatic carbocycles. The first kappa shape index (κ1) is 15.6. The minimum Gasteiger partial charge on any atom is -0.489 e. The standard InChI is InChI=1S/C15H19ClO3/c1-6-7-18-15-10(3)9(2)14(19-12(5)17)11(4)13(15)8-16/h6H,1,7-8H2,2-5H3. The lowest BCUT2D eigenvalue weighted by atomic mass is 9.98. The molecule has 0 aliphatic carbocycles.